The molecular formula is C16H21N7O. The van der Waals surface area contributed by atoms with Crippen LogP contribution in [0.4, 0.5) is 5.82 Å². The van der Waals surface area contributed by atoms with Crippen LogP contribution in [-0.4, -0.2) is 49.6 Å². The number of ether oxygens (including phenoxy) is 1. The molecule has 0 unspecified atom stereocenters. The summed E-state index contributed by atoms with van der Waals surface area (Å²) in [4.78, 5) is 6.95. The van der Waals surface area contributed by atoms with Gasteiger partial charge in [-0.1, -0.05) is 0 Å². The monoisotopic (exact) mass is 327 g/mol. The van der Waals surface area contributed by atoms with Crippen molar-refractivity contribution in [2.75, 3.05) is 25.1 Å². The fourth-order valence-corrected chi connectivity index (χ4v) is 3.45. The smallest absolute Gasteiger partial charge is 0.157 e. The first-order valence-corrected chi connectivity index (χ1v) is 8.17. The van der Waals surface area contributed by atoms with Crippen molar-refractivity contribution in [1.82, 2.24) is 29.4 Å². The standard InChI is InChI=1S/C16H21N7O/c1-21-11-17-20-16(21)12-4-3-7-22(9-12)15-8-13(10-24-2)19-14-5-6-18-23(14)15/h5-6,8,11-12H,3-4,7,9-10H2,1-2H3/t12-/m1/s1. The summed E-state index contributed by atoms with van der Waals surface area (Å²) < 4.78 is 9.17. The normalized spacial score (nSPS) is 18.4. The van der Waals surface area contributed by atoms with Gasteiger partial charge >= 0.3 is 0 Å². The minimum Gasteiger partial charge on any atom is -0.378 e. The first kappa shape index (κ1) is 15.1. The van der Waals surface area contributed by atoms with Gasteiger partial charge in [-0.05, 0) is 12.8 Å². The molecule has 0 N–H and O–H groups in total. The van der Waals surface area contributed by atoms with Crippen LogP contribution in [0.25, 0.3) is 5.65 Å². The average molecular weight is 327 g/mol. The average Bonchev–Trinajstić information content (AvgIpc) is 3.23. The van der Waals surface area contributed by atoms with Crippen LogP contribution in [0.2, 0.25) is 0 Å². The first-order chi connectivity index (χ1) is 11.8. The predicted molar refractivity (Wildman–Crippen MR) is 88.9 cm³/mol. The molecule has 0 bridgehead atoms. The zero-order chi connectivity index (χ0) is 16.5. The number of aryl methyl sites for hydroxylation is 1. The van der Waals surface area contributed by atoms with Crippen LogP contribution in [0.1, 0.15) is 30.3 Å². The molecule has 0 spiro atoms. The lowest BCUT2D eigenvalue weighted by Crippen LogP contribution is -2.36. The Hall–Kier alpha value is -2.48. The lowest BCUT2D eigenvalue weighted by Gasteiger charge is -2.33. The maximum atomic E-state index is 5.26. The molecule has 1 saturated heterocycles. The van der Waals surface area contributed by atoms with E-state index in [2.05, 4.69) is 31.2 Å². The van der Waals surface area contributed by atoms with Gasteiger partial charge < -0.3 is 14.2 Å². The van der Waals surface area contributed by atoms with Gasteiger partial charge in [-0.25, -0.2) is 4.98 Å². The predicted octanol–water partition coefficient (Wildman–Crippen LogP) is 1.39. The van der Waals surface area contributed by atoms with Crippen LogP contribution in [0.5, 0.6) is 0 Å². The molecule has 8 nitrogen and oxygen atoms in total. The van der Waals surface area contributed by atoms with E-state index in [4.69, 9.17) is 4.74 Å². The van der Waals surface area contributed by atoms with E-state index in [0.717, 1.165) is 48.9 Å². The molecule has 0 saturated carbocycles. The summed E-state index contributed by atoms with van der Waals surface area (Å²) in [5.74, 6) is 2.47. The molecule has 0 radical (unpaired) electrons. The van der Waals surface area contributed by atoms with Gasteiger partial charge in [0.05, 0.1) is 18.5 Å². The molecule has 8 heteroatoms. The summed E-state index contributed by atoms with van der Waals surface area (Å²) in [5.41, 5.74) is 1.77. The van der Waals surface area contributed by atoms with Crippen molar-refractivity contribution in [3.63, 3.8) is 0 Å². The van der Waals surface area contributed by atoms with Gasteiger partial charge in [-0.2, -0.15) is 9.61 Å². The van der Waals surface area contributed by atoms with E-state index in [9.17, 15) is 0 Å². The van der Waals surface area contributed by atoms with Crippen LogP contribution in [-0.2, 0) is 18.4 Å². The zero-order valence-electron chi connectivity index (χ0n) is 14.0. The third-order valence-corrected chi connectivity index (χ3v) is 4.54. The van der Waals surface area contributed by atoms with E-state index in [-0.39, 0.29) is 0 Å². The Morgan fingerprint density at radius 1 is 1.38 bits per heavy atom. The molecule has 126 valence electrons. The largest absolute Gasteiger partial charge is 0.378 e. The van der Waals surface area contributed by atoms with Gasteiger partial charge in [0.2, 0.25) is 0 Å². The third kappa shape index (κ3) is 2.62. The van der Waals surface area contributed by atoms with E-state index in [1.54, 1.807) is 19.6 Å². The van der Waals surface area contributed by atoms with Crippen molar-refractivity contribution < 1.29 is 4.74 Å². The van der Waals surface area contributed by atoms with Crippen molar-refractivity contribution >= 4 is 11.5 Å². The van der Waals surface area contributed by atoms with Crippen molar-refractivity contribution in [3.05, 3.63) is 36.2 Å². The third-order valence-electron chi connectivity index (χ3n) is 4.54. The molecular weight excluding hydrogens is 306 g/mol. The van der Waals surface area contributed by atoms with E-state index in [1.807, 2.05) is 22.2 Å². The Kier molecular flexibility index (Phi) is 3.89. The maximum Gasteiger partial charge on any atom is 0.157 e. The number of piperidine rings is 1. The molecule has 3 aromatic heterocycles. The Morgan fingerprint density at radius 3 is 3.08 bits per heavy atom. The van der Waals surface area contributed by atoms with Crippen LogP contribution in [0.15, 0.2) is 24.7 Å². The number of nitrogens with zero attached hydrogens (tertiary/aromatic N) is 7. The van der Waals surface area contributed by atoms with Crippen LogP contribution in [0.3, 0.4) is 0 Å². The zero-order valence-corrected chi connectivity index (χ0v) is 14.0. The summed E-state index contributed by atoms with van der Waals surface area (Å²) >= 11 is 0. The SMILES string of the molecule is COCc1cc(N2CCC[C@@H](c3nncn3C)C2)n2nccc2n1. The van der Waals surface area contributed by atoms with Crippen molar-refractivity contribution in [1.29, 1.82) is 0 Å². The maximum absolute atomic E-state index is 5.26. The van der Waals surface area contributed by atoms with E-state index in [0.29, 0.717) is 12.5 Å². The second-order valence-electron chi connectivity index (χ2n) is 6.23. The fraction of sp³-hybridized carbons (Fsp3) is 0.500. The highest BCUT2D eigenvalue weighted by Crippen LogP contribution is 2.29. The van der Waals surface area contributed by atoms with Crippen LogP contribution in [0, 0.1) is 0 Å². The number of rotatable bonds is 4. The number of anilines is 1. The Balaban J connectivity index is 1.68. The first-order valence-electron chi connectivity index (χ1n) is 8.17. The topological polar surface area (TPSA) is 73.4 Å². The number of fused-ring (bicyclic) bond motifs is 1. The van der Waals surface area contributed by atoms with E-state index < -0.39 is 0 Å². The molecule has 0 aromatic carbocycles. The van der Waals surface area contributed by atoms with E-state index >= 15 is 0 Å². The second kappa shape index (κ2) is 6.20. The molecule has 1 aliphatic rings. The lowest BCUT2D eigenvalue weighted by atomic mass is 9.97. The van der Waals surface area contributed by atoms with Crippen LogP contribution >= 0.6 is 0 Å². The molecule has 4 rings (SSSR count). The van der Waals surface area contributed by atoms with Gasteiger partial charge in [0, 0.05) is 45.3 Å². The van der Waals surface area contributed by atoms with Crippen LogP contribution < -0.4 is 4.90 Å². The summed E-state index contributed by atoms with van der Waals surface area (Å²) in [5, 5.41) is 12.8. The van der Waals surface area contributed by atoms with Crippen molar-refractivity contribution in [3.8, 4) is 0 Å². The minimum atomic E-state index is 0.371. The number of aromatic nitrogens is 6. The highest BCUT2D eigenvalue weighted by Gasteiger charge is 2.26. The summed E-state index contributed by atoms with van der Waals surface area (Å²) in [6, 6.07) is 4.00. The fourth-order valence-electron chi connectivity index (χ4n) is 3.45. The Morgan fingerprint density at radius 2 is 2.29 bits per heavy atom. The highest BCUT2D eigenvalue weighted by molar-refractivity contribution is 5.51. The Labute approximate surface area is 140 Å². The second-order valence-corrected chi connectivity index (χ2v) is 6.23. The lowest BCUT2D eigenvalue weighted by molar-refractivity contribution is 0.181. The molecule has 1 fully saturated rings. The number of methoxy groups -OCH3 is 1. The highest BCUT2D eigenvalue weighted by atomic mass is 16.5. The molecule has 0 aliphatic carbocycles. The molecule has 4 heterocycles. The summed E-state index contributed by atoms with van der Waals surface area (Å²) in [7, 11) is 3.69. The summed E-state index contributed by atoms with van der Waals surface area (Å²) in [6.07, 6.45) is 5.79. The number of hydrogen-bond acceptors (Lipinski definition) is 6. The van der Waals surface area contributed by atoms with Crippen molar-refractivity contribution in [2.24, 2.45) is 7.05 Å². The summed E-state index contributed by atoms with van der Waals surface area (Å²) in [6.45, 7) is 2.40. The molecule has 24 heavy (non-hydrogen) atoms. The van der Waals surface area contributed by atoms with E-state index in [1.165, 1.54) is 0 Å². The molecule has 1 atom stereocenters. The Bertz CT molecular complexity index is 840. The number of hydrogen-bond donors (Lipinski definition) is 0. The minimum absolute atomic E-state index is 0.371. The molecule has 1 aliphatic heterocycles. The van der Waals surface area contributed by atoms with Gasteiger partial charge in [-0.3, -0.25) is 0 Å². The van der Waals surface area contributed by atoms with Gasteiger partial charge in [0.1, 0.15) is 18.0 Å². The molecule has 3 aromatic rings. The molecule has 0 amide bonds. The quantitative estimate of drug-likeness (QED) is 0.721. The van der Waals surface area contributed by atoms with Gasteiger partial charge in [-0.15, -0.1) is 10.2 Å². The van der Waals surface area contributed by atoms with Gasteiger partial charge in [0.15, 0.2) is 5.65 Å². The van der Waals surface area contributed by atoms with Crippen molar-refractivity contribution in [2.45, 2.75) is 25.4 Å². The van der Waals surface area contributed by atoms with Gasteiger partial charge in [0.25, 0.3) is 0 Å².